The van der Waals surface area contributed by atoms with E-state index in [9.17, 15) is 13.2 Å². The Hall–Kier alpha value is -2.48. The molecule has 0 bridgehead atoms. The van der Waals surface area contributed by atoms with Crippen LogP contribution in [0.5, 0.6) is 0 Å². The second kappa shape index (κ2) is 8.26. The Morgan fingerprint density at radius 2 is 1.71 bits per heavy atom. The van der Waals surface area contributed by atoms with Gasteiger partial charge >= 0.3 is 0 Å². The molecule has 0 aliphatic rings. The zero-order valence-corrected chi connectivity index (χ0v) is 17.0. The van der Waals surface area contributed by atoms with E-state index in [0.717, 1.165) is 5.56 Å². The molecular weight excluding hydrogens is 421 g/mol. The Morgan fingerprint density at radius 1 is 1.00 bits per heavy atom. The number of halogens is 2. The third kappa shape index (κ3) is 4.49. The first-order valence-corrected chi connectivity index (χ1v) is 10.6. The minimum atomic E-state index is -3.39. The summed E-state index contributed by atoms with van der Waals surface area (Å²) in [5.41, 5.74) is 2.08. The summed E-state index contributed by atoms with van der Waals surface area (Å²) in [6.45, 7) is 1.55. The van der Waals surface area contributed by atoms with Crippen LogP contribution < -0.4 is 5.32 Å². The summed E-state index contributed by atoms with van der Waals surface area (Å²) in [6.07, 6.45) is 0. The van der Waals surface area contributed by atoms with Gasteiger partial charge in [0.25, 0.3) is 5.91 Å². The Kier molecular flexibility index (Phi) is 5.98. The molecule has 0 atom stereocenters. The van der Waals surface area contributed by atoms with Crippen molar-refractivity contribution in [2.75, 3.05) is 11.1 Å². The smallest absolute Gasteiger partial charge is 0.257 e. The van der Waals surface area contributed by atoms with Crippen molar-refractivity contribution in [3.63, 3.8) is 0 Å². The van der Waals surface area contributed by atoms with Crippen LogP contribution in [0.15, 0.2) is 59.6 Å². The minimum Gasteiger partial charge on any atom is -0.322 e. The van der Waals surface area contributed by atoms with Crippen molar-refractivity contribution in [3.8, 4) is 11.3 Å². The molecule has 0 radical (unpaired) electrons. The summed E-state index contributed by atoms with van der Waals surface area (Å²) in [5.74, 6) is -0.416. The van der Waals surface area contributed by atoms with E-state index in [0.29, 0.717) is 21.4 Å². The van der Waals surface area contributed by atoms with Crippen molar-refractivity contribution >= 4 is 44.6 Å². The number of benzene rings is 2. The quantitative estimate of drug-likeness (QED) is 0.637. The fourth-order valence-corrected chi connectivity index (χ4v) is 3.49. The number of amides is 1. The minimum absolute atomic E-state index is 0.0357. The molecule has 3 aromatic rings. The van der Waals surface area contributed by atoms with Gasteiger partial charge in [0.2, 0.25) is 0 Å². The molecule has 2 aromatic carbocycles. The number of nitrogens with one attached hydrogen (secondary N) is 1. The van der Waals surface area contributed by atoms with Gasteiger partial charge < -0.3 is 5.32 Å². The summed E-state index contributed by atoms with van der Waals surface area (Å²) in [7, 11) is -3.39. The molecule has 28 heavy (non-hydrogen) atoms. The SMILES string of the molecule is CCS(=O)(=O)c1ccc(-c2ccc(NC(=O)c3cc(Cl)ccc3Cl)cc2)nn1. The summed E-state index contributed by atoms with van der Waals surface area (Å²) < 4.78 is 23.6. The third-order valence-electron chi connectivity index (χ3n) is 3.95. The lowest BCUT2D eigenvalue weighted by atomic mass is 10.1. The maximum absolute atomic E-state index is 12.4. The maximum Gasteiger partial charge on any atom is 0.257 e. The molecule has 0 fully saturated rings. The molecule has 6 nitrogen and oxygen atoms in total. The van der Waals surface area contributed by atoms with Crippen molar-refractivity contribution in [1.29, 1.82) is 0 Å². The van der Waals surface area contributed by atoms with Crippen LogP contribution in [0.4, 0.5) is 5.69 Å². The second-order valence-electron chi connectivity index (χ2n) is 5.82. The molecule has 0 spiro atoms. The predicted octanol–water partition coefficient (Wildman–Crippen LogP) is 4.50. The lowest BCUT2D eigenvalue weighted by Gasteiger charge is -2.08. The van der Waals surface area contributed by atoms with Crippen LogP contribution in [0.2, 0.25) is 10.0 Å². The highest BCUT2D eigenvalue weighted by Gasteiger charge is 2.14. The third-order valence-corrected chi connectivity index (χ3v) is 6.13. The highest BCUT2D eigenvalue weighted by Crippen LogP contribution is 2.23. The number of sulfone groups is 1. The van der Waals surface area contributed by atoms with E-state index in [1.807, 2.05) is 0 Å². The normalized spacial score (nSPS) is 11.2. The standard InChI is InChI=1S/C19H15Cl2N3O3S/c1-2-28(26,27)18-10-9-17(23-24-18)12-3-6-14(7-4-12)22-19(25)15-11-13(20)5-8-16(15)21/h3-11H,2H2,1H3,(H,22,25). The molecule has 0 saturated carbocycles. The number of hydrogen-bond acceptors (Lipinski definition) is 5. The Labute approximate surface area is 172 Å². The molecule has 1 N–H and O–H groups in total. The van der Waals surface area contributed by atoms with Crippen LogP contribution in [0.3, 0.4) is 0 Å². The van der Waals surface area contributed by atoms with E-state index in [4.69, 9.17) is 23.2 Å². The number of anilines is 1. The fraction of sp³-hybridized carbons (Fsp3) is 0.105. The summed E-state index contributed by atoms with van der Waals surface area (Å²) in [6, 6.07) is 14.6. The van der Waals surface area contributed by atoms with Crippen molar-refractivity contribution in [2.24, 2.45) is 0 Å². The molecule has 0 unspecified atom stereocenters. The van der Waals surface area contributed by atoms with Gasteiger partial charge in [-0.05, 0) is 42.5 Å². The van der Waals surface area contributed by atoms with Gasteiger partial charge in [-0.3, -0.25) is 4.79 Å². The van der Waals surface area contributed by atoms with Crippen LogP contribution in [-0.4, -0.2) is 30.3 Å². The van der Waals surface area contributed by atoms with E-state index in [-0.39, 0.29) is 22.2 Å². The average molecular weight is 436 g/mol. The first-order valence-electron chi connectivity index (χ1n) is 8.23. The number of carbonyl (C=O) groups is 1. The summed E-state index contributed by atoms with van der Waals surface area (Å²) in [4.78, 5) is 12.4. The molecule has 0 saturated heterocycles. The van der Waals surface area contributed by atoms with Gasteiger partial charge in [-0.2, -0.15) is 0 Å². The van der Waals surface area contributed by atoms with Crippen LogP contribution >= 0.6 is 23.2 Å². The monoisotopic (exact) mass is 435 g/mol. The van der Waals surface area contributed by atoms with E-state index in [1.54, 1.807) is 49.4 Å². The largest absolute Gasteiger partial charge is 0.322 e. The van der Waals surface area contributed by atoms with Crippen molar-refractivity contribution in [3.05, 3.63) is 70.2 Å². The zero-order valence-electron chi connectivity index (χ0n) is 14.7. The zero-order chi connectivity index (χ0) is 20.3. The Balaban J connectivity index is 1.76. The predicted molar refractivity (Wildman–Crippen MR) is 110 cm³/mol. The van der Waals surface area contributed by atoms with Gasteiger partial charge in [-0.1, -0.05) is 42.3 Å². The number of rotatable bonds is 5. The molecule has 0 aliphatic heterocycles. The molecule has 1 amide bonds. The summed E-state index contributed by atoms with van der Waals surface area (Å²) >= 11 is 12.0. The first-order chi connectivity index (χ1) is 13.3. The van der Waals surface area contributed by atoms with Crippen molar-refractivity contribution in [2.45, 2.75) is 11.9 Å². The average Bonchev–Trinajstić information content (AvgIpc) is 2.70. The molecule has 3 rings (SSSR count). The van der Waals surface area contributed by atoms with E-state index in [1.165, 1.54) is 12.1 Å². The lowest BCUT2D eigenvalue weighted by molar-refractivity contribution is 0.102. The first kappa shape index (κ1) is 20.3. The number of nitrogens with zero attached hydrogens (tertiary/aromatic N) is 2. The molecule has 1 heterocycles. The van der Waals surface area contributed by atoms with Crippen molar-refractivity contribution in [1.82, 2.24) is 10.2 Å². The highest BCUT2D eigenvalue weighted by molar-refractivity contribution is 7.91. The van der Waals surface area contributed by atoms with Crippen molar-refractivity contribution < 1.29 is 13.2 Å². The van der Waals surface area contributed by atoms with Gasteiger partial charge in [0.05, 0.1) is 22.0 Å². The van der Waals surface area contributed by atoms with E-state index < -0.39 is 9.84 Å². The molecular formula is C19H15Cl2N3O3S. The van der Waals surface area contributed by atoms with E-state index in [2.05, 4.69) is 15.5 Å². The van der Waals surface area contributed by atoms with Crippen LogP contribution in [0, 0.1) is 0 Å². The second-order valence-corrected chi connectivity index (χ2v) is 8.88. The van der Waals surface area contributed by atoms with Gasteiger partial charge in [0.1, 0.15) is 0 Å². The van der Waals surface area contributed by atoms with Crippen LogP contribution in [0.1, 0.15) is 17.3 Å². The van der Waals surface area contributed by atoms with Gasteiger partial charge in [0, 0.05) is 16.3 Å². The molecule has 1 aromatic heterocycles. The lowest BCUT2D eigenvalue weighted by Crippen LogP contribution is -2.12. The van der Waals surface area contributed by atoms with Crippen LogP contribution in [-0.2, 0) is 9.84 Å². The summed E-state index contributed by atoms with van der Waals surface area (Å²) in [5, 5.41) is 11.2. The molecule has 144 valence electrons. The number of hydrogen-bond donors (Lipinski definition) is 1. The van der Waals surface area contributed by atoms with Crippen LogP contribution in [0.25, 0.3) is 11.3 Å². The Morgan fingerprint density at radius 3 is 2.32 bits per heavy atom. The van der Waals surface area contributed by atoms with Gasteiger partial charge in [-0.15, -0.1) is 10.2 Å². The topological polar surface area (TPSA) is 89.0 Å². The van der Waals surface area contributed by atoms with E-state index >= 15 is 0 Å². The van der Waals surface area contributed by atoms with Gasteiger partial charge in [-0.25, -0.2) is 8.42 Å². The van der Waals surface area contributed by atoms with Gasteiger partial charge in [0.15, 0.2) is 14.9 Å². The highest BCUT2D eigenvalue weighted by atomic mass is 35.5. The molecule has 0 aliphatic carbocycles. The molecule has 9 heteroatoms. The maximum atomic E-state index is 12.4. The number of carbonyl (C=O) groups excluding carboxylic acids is 1. The fourth-order valence-electron chi connectivity index (χ4n) is 2.38. The number of aromatic nitrogens is 2. The Bertz CT molecular complexity index is 1120.